The van der Waals surface area contributed by atoms with Gasteiger partial charge in [0.15, 0.2) is 42.9 Å². The SMILES string of the molecule is CC(=O)OC[C@H]1O[C@@H](c2n[nH]nc2-c2ccc(-c3cn([C@H]4O[C@H](COC(C)=O)[C@@H](OC(C)=O)[C@H](OC(C)=O)[C@@H]4OC(C)=O)nn3)cc2)[C@H](OC(C)=O)[C@H](OC(C)=O)[C@@H]1OC(C)=O. The third-order valence-corrected chi connectivity index (χ3v) is 9.03. The van der Waals surface area contributed by atoms with Crippen molar-refractivity contribution >= 4 is 47.8 Å². The molecule has 0 spiro atoms. The number of esters is 8. The smallest absolute Gasteiger partial charge is 0.303 e. The highest BCUT2D eigenvalue weighted by molar-refractivity contribution is 5.71. The van der Waals surface area contributed by atoms with Gasteiger partial charge in [0.1, 0.15) is 48.6 Å². The van der Waals surface area contributed by atoms with Gasteiger partial charge in [0.05, 0.1) is 6.20 Å². The maximum atomic E-state index is 12.4. The van der Waals surface area contributed by atoms with E-state index < -0.39 is 122 Å². The van der Waals surface area contributed by atoms with Crippen LogP contribution in [-0.4, -0.2) is 140 Å². The minimum absolute atomic E-state index is 0.0739. The molecule has 0 unspecified atom stereocenters. The zero-order valence-electron chi connectivity index (χ0n) is 34.7. The molecule has 0 bridgehead atoms. The summed E-state index contributed by atoms with van der Waals surface area (Å²) in [5, 5.41) is 19.5. The maximum absolute atomic E-state index is 12.4. The minimum Gasteiger partial charge on any atom is -0.463 e. The van der Waals surface area contributed by atoms with Crippen molar-refractivity contribution in [2.75, 3.05) is 13.2 Å². The molecule has 4 heterocycles. The topological polar surface area (TPSA) is 301 Å². The van der Waals surface area contributed by atoms with Crippen LogP contribution in [0.2, 0.25) is 0 Å². The molecule has 2 fully saturated rings. The molecule has 0 radical (unpaired) electrons. The van der Waals surface area contributed by atoms with Gasteiger partial charge in [0.25, 0.3) is 0 Å². The molecule has 2 aromatic heterocycles. The normalized spacial score (nSPS) is 25.6. The number of rotatable bonds is 14. The molecule has 0 saturated carbocycles. The van der Waals surface area contributed by atoms with Crippen LogP contribution in [0.4, 0.5) is 0 Å². The number of carbonyl (C=O) groups excluding carboxylic acids is 8. The Morgan fingerprint density at radius 3 is 1.48 bits per heavy atom. The molecule has 2 aliphatic rings. The number of benzene rings is 1. The van der Waals surface area contributed by atoms with Gasteiger partial charge in [-0.2, -0.15) is 15.4 Å². The van der Waals surface area contributed by atoms with Gasteiger partial charge in [-0.3, -0.25) is 38.4 Å². The number of aromatic nitrogens is 6. The number of aromatic amines is 1. The van der Waals surface area contributed by atoms with E-state index in [1.165, 1.54) is 10.9 Å². The van der Waals surface area contributed by atoms with Gasteiger partial charge >= 0.3 is 47.8 Å². The summed E-state index contributed by atoms with van der Waals surface area (Å²) in [6.07, 6.45) is -12.2. The summed E-state index contributed by atoms with van der Waals surface area (Å²) in [7, 11) is 0. The van der Waals surface area contributed by atoms with Gasteiger partial charge in [-0.25, -0.2) is 4.68 Å². The fraction of sp³-hybridized carbons (Fsp3) is 0.526. The van der Waals surface area contributed by atoms with E-state index in [1.807, 2.05) is 0 Å². The van der Waals surface area contributed by atoms with Crippen LogP contribution in [0.1, 0.15) is 73.4 Å². The molecule has 0 amide bonds. The molecule has 5 rings (SSSR count). The van der Waals surface area contributed by atoms with Crippen molar-refractivity contribution in [3.63, 3.8) is 0 Å². The molecule has 334 valence electrons. The number of nitrogens with zero attached hydrogens (tertiary/aromatic N) is 5. The van der Waals surface area contributed by atoms with E-state index in [0.29, 0.717) is 11.1 Å². The highest BCUT2D eigenvalue weighted by atomic mass is 16.7. The molecule has 1 aromatic carbocycles. The third-order valence-electron chi connectivity index (χ3n) is 9.03. The minimum atomic E-state index is -1.45. The van der Waals surface area contributed by atoms with Crippen molar-refractivity contribution in [3.05, 3.63) is 36.2 Å². The zero-order chi connectivity index (χ0) is 45.4. The summed E-state index contributed by atoms with van der Waals surface area (Å²) in [5.74, 6) is -6.15. The van der Waals surface area contributed by atoms with Crippen LogP contribution >= 0.6 is 0 Å². The lowest BCUT2D eigenvalue weighted by Crippen LogP contribution is -2.60. The van der Waals surface area contributed by atoms with Crippen molar-refractivity contribution in [2.45, 2.75) is 117 Å². The van der Waals surface area contributed by atoms with Gasteiger partial charge in [-0.05, 0) is 0 Å². The number of hydrogen-bond donors (Lipinski definition) is 1. The number of hydrogen-bond acceptors (Lipinski definition) is 22. The molecule has 2 saturated heterocycles. The lowest BCUT2D eigenvalue weighted by Gasteiger charge is -2.44. The molecule has 24 nitrogen and oxygen atoms in total. The predicted octanol–water partition coefficient (Wildman–Crippen LogP) is 0.784. The van der Waals surface area contributed by atoms with Gasteiger partial charge < -0.3 is 47.4 Å². The quantitative estimate of drug-likeness (QED) is 0.173. The largest absolute Gasteiger partial charge is 0.463 e. The highest BCUT2D eigenvalue weighted by Gasteiger charge is 2.55. The molecule has 0 aliphatic carbocycles. The van der Waals surface area contributed by atoms with Crippen molar-refractivity contribution in [1.82, 2.24) is 30.4 Å². The van der Waals surface area contributed by atoms with Gasteiger partial charge in [0, 0.05) is 66.5 Å². The van der Waals surface area contributed by atoms with Crippen LogP contribution in [0.5, 0.6) is 0 Å². The summed E-state index contributed by atoms with van der Waals surface area (Å²) in [6.45, 7) is 8.06. The lowest BCUT2D eigenvalue weighted by molar-refractivity contribution is -0.270. The summed E-state index contributed by atoms with van der Waals surface area (Å²) in [6, 6.07) is 6.55. The van der Waals surface area contributed by atoms with E-state index >= 15 is 0 Å². The first kappa shape index (κ1) is 46.2. The Morgan fingerprint density at radius 2 is 0.984 bits per heavy atom. The van der Waals surface area contributed by atoms with Gasteiger partial charge in [-0.15, -0.1) is 5.10 Å². The molecular weight excluding hydrogens is 828 g/mol. The Balaban J connectivity index is 1.49. The van der Waals surface area contributed by atoms with E-state index in [9.17, 15) is 38.4 Å². The van der Waals surface area contributed by atoms with E-state index in [1.54, 1.807) is 24.3 Å². The first-order chi connectivity index (χ1) is 29.3. The average molecular weight is 873 g/mol. The Morgan fingerprint density at radius 1 is 0.548 bits per heavy atom. The van der Waals surface area contributed by atoms with E-state index in [-0.39, 0.29) is 17.1 Å². The van der Waals surface area contributed by atoms with Crippen LogP contribution in [-0.2, 0) is 85.7 Å². The first-order valence-electron chi connectivity index (χ1n) is 18.9. The standard InChI is InChI=1S/C38H44N6O18/c1-16(45)53-14-27-31(55-18(3)47)34(57-20(5)49)36(59-22(7)51)33(61-27)30-29(40-42-41-30)25-11-9-24(10-12-25)26-13-44(43-39-26)38-37(60-23(8)52)35(58-21(6)50)32(56-19(4)48)28(62-38)15-54-17(2)46/h9-13,27-28,31-38H,14-15H2,1-8H3,(H,40,41,42)/t27-,28-,31-,32-,33+,34-,35+,36+,37+,38+/m1/s1. The molecule has 24 heteroatoms. The molecule has 62 heavy (non-hydrogen) atoms. The number of nitrogens with one attached hydrogen (secondary N) is 1. The summed E-state index contributed by atoms with van der Waals surface area (Å²) in [4.78, 5) is 97.2. The fourth-order valence-electron chi connectivity index (χ4n) is 6.85. The van der Waals surface area contributed by atoms with Crippen molar-refractivity contribution in [1.29, 1.82) is 0 Å². The average Bonchev–Trinajstić information content (AvgIpc) is 3.87. The Hall–Kier alpha value is -6.82. The van der Waals surface area contributed by atoms with Gasteiger partial charge in [0.2, 0.25) is 0 Å². The van der Waals surface area contributed by atoms with Crippen LogP contribution in [0, 0.1) is 0 Å². The molecule has 3 aromatic rings. The molecule has 10 atom stereocenters. The number of H-pyrrole nitrogens is 1. The lowest BCUT2D eigenvalue weighted by atomic mass is 9.91. The monoisotopic (exact) mass is 872 g/mol. The predicted molar refractivity (Wildman–Crippen MR) is 199 cm³/mol. The Bertz CT molecular complexity index is 2150. The number of ether oxygens (including phenoxy) is 10. The Labute approximate surface area is 352 Å². The first-order valence-corrected chi connectivity index (χ1v) is 18.9. The summed E-state index contributed by atoms with van der Waals surface area (Å²) in [5.41, 5.74) is 1.47. The van der Waals surface area contributed by atoms with E-state index in [4.69, 9.17) is 47.4 Å². The van der Waals surface area contributed by atoms with Crippen molar-refractivity contribution in [2.24, 2.45) is 0 Å². The van der Waals surface area contributed by atoms with Crippen LogP contribution in [0.25, 0.3) is 22.5 Å². The Kier molecular flexibility index (Phi) is 15.0. The van der Waals surface area contributed by atoms with E-state index in [2.05, 4.69) is 25.7 Å². The molecular formula is C38H44N6O18. The second kappa shape index (κ2) is 20.2. The highest BCUT2D eigenvalue weighted by Crippen LogP contribution is 2.40. The van der Waals surface area contributed by atoms with Crippen molar-refractivity contribution in [3.8, 4) is 22.5 Å². The zero-order valence-corrected chi connectivity index (χ0v) is 34.7. The summed E-state index contributed by atoms with van der Waals surface area (Å²) >= 11 is 0. The summed E-state index contributed by atoms with van der Waals surface area (Å²) < 4.78 is 57.1. The van der Waals surface area contributed by atoms with Crippen LogP contribution in [0.3, 0.4) is 0 Å². The van der Waals surface area contributed by atoms with Crippen LogP contribution in [0.15, 0.2) is 30.5 Å². The van der Waals surface area contributed by atoms with Crippen LogP contribution < -0.4 is 0 Å². The fourth-order valence-corrected chi connectivity index (χ4v) is 6.85. The molecule has 2 aliphatic heterocycles. The second-order valence-corrected chi connectivity index (χ2v) is 13.9. The van der Waals surface area contributed by atoms with E-state index in [0.717, 1.165) is 55.4 Å². The number of carbonyl (C=O) groups is 8. The van der Waals surface area contributed by atoms with Gasteiger partial charge in [-0.1, -0.05) is 29.5 Å². The third kappa shape index (κ3) is 11.5. The second-order valence-electron chi connectivity index (χ2n) is 13.9. The molecule has 1 N–H and O–H groups in total. The van der Waals surface area contributed by atoms with Crippen molar-refractivity contribution < 1.29 is 85.7 Å². The maximum Gasteiger partial charge on any atom is 0.303 e.